The molecule has 0 aliphatic heterocycles. The molecule has 0 spiro atoms. The highest BCUT2D eigenvalue weighted by atomic mass is 14.1. The Morgan fingerprint density at radius 3 is 1.45 bits per heavy atom. The molecule has 0 N–H and O–H groups in total. The predicted molar refractivity (Wildman–Crippen MR) is 206 cm³/mol. The number of unbranched alkanes of at least 4 members (excludes halogenated alkanes) is 7. The molecule has 42 heavy (non-hydrogen) atoms. The van der Waals surface area contributed by atoms with Gasteiger partial charge in [-0.15, -0.1) is 13.2 Å². The molecule has 0 heterocycles. The summed E-state index contributed by atoms with van der Waals surface area (Å²) in [5, 5.41) is 0. The van der Waals surface area contributed by atoms with Crippen molar-refractivity contribution in [1.82, 2.24) is 0 Å². The summed E-state index contributed by atoms with van der Waals surface area (Å²) in [6.07, 6.45) is 26.1. The zero-order valence-electron chi connectivity index (χ0n) is 31.9. The number of hydrogen-bond acceptors (Lipinski definition) is 0. The van der Waals surface area contributed by atoms with Gasteiger partial charge in [0.05, 0.1) is 0 Å². The van der Waals surface area contributed by atoms with Crippen LogP contribution in [0.1, 0.15) is 168 Å². The van der Waals surface area contributed by atoms with Crippen LogP contribution in [0.3, 0.4) is 0 Å². The second-order valence-corrected chi connectivity index (χ2v) is 10.2. The molecule has 0 aromatic heterocycles. The SMILES string of the molecule is C=C.C=C/C(=C(C=C(C)C)/C(C)=C/CCCCCCCCC)C(C)C.C=CC(=C\C)/C(C)=C\CC.CC.CC.CCC. The zero-order valence-corrected chi connectivity index (χ0v) is 31.9. The number of rotatable bonds is 15. The van der Waals surface area contributed by atoms with Gasteiger partial charge < -0.3 is 0 Å². The first-order valence-electron chi connectivity index (χ1n) is 17.3. The first kappa shape index (κ1) is 52.6. The Kier molecular flexibility index (Phi) is 57.4. The molecular formula is C42H80. The van der Waals surface area contributed by atoms with Crippen LogP contribution in [0, 0.1) is 5.92 Å². The normalized spacial score (nSPS) is 11.2. The average molecular weight is 585 g/mol. The fraction of sp³-hybridized carbons (Fsp3) is 0.619. The van der Waals surface area contributed by atoms with Crippen molar-refractivity contribution < 1.29 is 0 Å². The molecule has 0 heteroatoms. The molecule has 0 amide bonds. The molecule has 0 bridgehead atoms. The maximum Gasteiger partial charge on any atom is -0.0197 e. The molecule has 0 rings (SSSR count). The molecule has 0 unspecified atom stereocenters. The third-order valence-corrected chi connectivity index (χ3v) is 5.77. The van der Waals surface area contributed by atoms with Gasteiger partial charge in [0.1, 0.15) is 0 Å². The van der Waals surface area contributed by atoms with Crippen LogP contribution in [0.5, 0.6) is 0 Å². The van der Waals surface area contributed by atoms with Crippen molar-refractivity contribution in [2.24, 2.45) is 5.92 Å². The Morgan fingerprint density at radius 1 is 0.667 bits per heavy atom. The van der Waals surface area contributed by atoms with E-state index in [1.54, 1.807) is 0 Å². The minimum Gasteiger partial charge on any atom is -0.106 e. The highest BCUT2D eigenvalue weighted by molar-refractivity contribution is 5.47. The lowest BCUT2D eigenvalue weighted by molar-refractivity contribution is 0.592. The maximum atomic E-state index is 4.02. The van der Waals surface area contributed by atoms with Crippen molar-refractivity contribution >= 4 is 0 Å². The molecule has 248 valence electrons. The van der Waals surface area contributed by atoms with Crippen LogP contribution >= 0.6 is 0 Å². The lowest BCUT2D eigenvalue weighted by atomic mass is 9.91. The van der Waals surface area contributed by atoms with E-state index in [0.29, 0.717) is 5.92 Å². The van der Waals surface area contributed by atoms with Gasteiger partial charge in [-0.3, -0.25) is 0 Å². The molecule has 0 saturated heterocycles. The van der Waals surface area contributed by atoms with Crippen LogP contribution in [0.4, 0.5) is 0 Å². The lowest BCUT2D eigenvalue weighted by Crippen LogP contribution is -1.98. The highest BCUT2D eigenvalue weighted by Crippen LogP contribution is 2.25. The number of hydrogen-bond donors (Lipinski definition) is 0. The van der Waals surface area contributed by atoms with Crippen LogP contribution in [0.2, 0.25) is 0 Å². The smallest absolute Gasteiger partial charge is 0.0197 e. The summed E-state index contributed by atoms with van der Waals surface area (Å²) in [6.45, 7) is 45.7. The van der Waals surface area contributed by atoms with Gasteiger partial charge in [-0.05, 0) is 87.7 Å². The zero-order chi connectivity index (χ0) is 34.4. The van der Waals surface area contributed by atoms with Gasteiger partial charge in [-0.2, -0.15) is 0 Å². The van der Waals surface area contributed by atoms with E-state index in [1.165, 1.54) is 91.2 Å². The fourth-order valence-corrected chi connectivity index (χ4v) is 3.83. The third-order valence-electron chi connectivity index (χ3n) is 5.77. The van der Waals surface area contributed by atoms with E-state index in [-0.39, 0.29) is 0 Å². The van der Waals surface area contributed by atoms with E-state index in [2.05, 4.69) is 120 Å². The molecule has 0 fully saturated rings. The van der Waals surface area contributed by atoms with Gasteiger partial charge in [-0.25, -0.2) is 0 Å². The van der Waals surface area contributed by atoms with E-state index in [1.807, 2.05) is 46.8 Å². The quantitative estimate of drug-likeness (QED) is 0.102. The largest absolute Gasteiger partial charge is 0.106 e. The topological polar surface area (TPSA) is 0 Å². The minimum atomic E-state index is 0.514. The van der Waals surface area contributed by atoms with Gasteiger partial charge in [0.2, 0.25) is 0 Å². The standard InChI is InChI=1S/C23H40.C10H16.C3H8.2C2H6.C2H4/c1-8-10-11-12-13-14-15-16-17-21(7)23(18-19(3)4)22(9-2)20(5)6;1-5-8-9(4)10(6-2)7-3;1-3-2;3*1-2/h9,17-18,20H,2,8,10-16H2,1,3-7H3;6-8H,2,5H2,1,3-4H3;3H2,1-2H3;2*1-2H3;1-2H2/b21-17+,23-22-;9-8-,10-7+;;;;. The first-order valence-corrected chi connectivity index (χ1v) is 17.3. The van der Waals surface area contributed by atoms with Crippen LogP contribution in [-0.2, 0) is 0 Å². The van der Waals surface area contributed by atoms with Crippen LogP contribution in [-0.4, -0.2) is 0 Å². The monoisotopic (exact) mass is 585 g/mol. The van der Waals surface area contributed by atoms with Gasteiger partial charge in [0.25, 0.3) is 0 Å². The van der Waals surface area contributed by atoms with Crippen LogP contribution < -0.4 is 0 Å². The number of allylic oxidation sites excluding steroid dienone is 12. The first-order chi connectivity index (χ1) is 20.1. The summed E-state index contributed by atoms with van der Waals surface area (Å²) in [7, 11) is 0. The summed E-state index contributed by atoms with van der Waals surface area (Å²) < 4.78 is 0. The maximum absolute atomic E-state index is 4.02. The summed E-state index contributed by atoms with van der Waals surface area (Å²) in [5.41, 5.74) is 8.05. The third kappa shape index (κ3) is 37.9. The lowest BCUT2D eigenvalue weighted by Gasteiger charge is -2.14. The van der Waals surface area contributed by atoms with Crippen LogP contribution in [0.25, 0.3) is 0 Å². The average Bonchev–Trinajstić information content (AvgIpc) is 2.98. The highest BCUT2D eigenvalue weighted by Gasteiger charge is 2.07. The molecule has 0 aromatic carbocycles. The molecule has 0 saturated carbocycles. The molecule has 0 radical (unpaired) electrons. The molecule has 0 nitrogen and oxygen atoms in total. The second kappa shape index (κ2) is 45.9. The second-order valence-electron chi connectivity index (χ2n) is 10.2. The van der Waals surface area contributed by atoms with Gasteiger partial charge in [0, 0.05) is 0 Å². The Labute approximate surface area is 269 Å². The molecule has 0 aliphatic rings. The summed E-state index contributed by atoms with van der Waals surface area (Å²) in [4.78, 5) is 0. The molecule has 0 atom stereocenters. The van der Waals surface area contributed by atoms with E-state index in [9.17, 15) is 0 Å². The molecular weight excluding hydrogens is 504 g/mol. The Morgan fingerprint density at radius 2 is 1.12 bits per heavy atom. The van der Waals surface area contributed by atoms with Gasteiger partial charge in [-0.1, -0.05) is 169 Å². The fourth-order valence-electron chi connectivity index (χ4n) is 3.83. The van der Waals surface area contributed by atoms with Crippen molar-refractivity contribution in [3.8, 4) is 0 Å². The minimum absolute atomic E-state index is 0.514. The van der Waals surface area contributed by atoms with Crippen molar-refractivity contribution in [2.75, 3.05) is 0 Å². The predicted octanol–water partition coefficient (Wildman–Crippen LogP) is 15.9. The Hall–Kier alpha value is -2.08. The Balaban J connectivity index is -0.000000141. The molecule has 0 aliphatic carbocycles. The van der Waals surface area contributed by atoms with Gasteiger partial charge >= 0.3 is 0 Å². The van der Waals surface area contributed by atoms with Crippen LogP contribution in [0.15, 0.2) is 96.2 Å². The van der Waals surface area contributed by atoms with Crippen molar-refractivity contribution in [1.29, 1.82) is 0 Å². The van der Waals surface area contributed by atoms with E-state index >= 15 is 0 Å². The van der Waals surface area contributed by atoms with Gasteiger partial charge in [0.15, 0.2) is 0 Å². The summed E-state index contributed by atoms with van der Waals surface area (Å²) >= 11 is 0. The van der Waals surface area contributed by atoms with Crippen molar-refractivity contribution in [3.63, 3.8) is 0 Å². The Bertz CT molecular complexity index is 711. The van der Waals surface area contributed by atoms with Crippen molar-refractivity contribution in [3.05, 3.63) is 96.2 Å². The van der Waals surface area contributed by atoms with Crippen molar-refractivity contribution in [2.45, 2.75) is 168 Å². The summed E-state index contributed by atoms with van der Waals surface area (Å²) in [6, 6.07) is 0. The van der Waals surface area contributed by atoms with E-state index in [0.717, 1.165) is 6.42 Å². The van der Waals surface area contributed by atoms with E-state index < -0.39 is 0 Å². The molecule has 0 aromatic rings. The summed E-state index contributed by atoms with van der Waals surface area (Å²) in [5.74, 6) is 0.514. The van der Waals surface area contributed by atoms with E-state index in [4.69, 9.17) is 0 Å².